The molecule has 1 heteroatoms. The molecule has 0 saturated heterocycles. The lowest BCUT2D eigenvalue weighted by Gasteiger charge is -2.31. The third kappa shape index (κ3) is 2.40. The van der Waals surface area contributed by atoms with Gasteiger partial charge in [0.05, 0.1) is 0 Å². The summed E-state index contributed by atoms with van der Waals surface area (Å²) in [5.74, 6) is 0.454. The molecule has 1 aliphatic rings. The van der Waals surface area contributed by atoms with Crippen molar-refractivity contribution in [1.29, 1.82) is 0 Å². The highest BCUT2D eigenvalue weighted by Crippen LogP contribution is 2.42. The van der Waals surface area contributed by atoms with E-state index in [-0.39, 0.29) is 5.41 Å². The average Bonchev–Trinajstić information content (AvgIpc) is 2.48. The summed E-state index contributed by atoms with van der Waals surface area (Å²) in [6.07, 6.45) is 4.55. The van der Waals surface area contributed by atoms with Crippen molar-refractivity contribution < 1.29 is 0 Å². The fourth-order valence-corrected chi connectivity index (χ4v) is 2.41. The summed E-state index contributed by atoms with van der Waals surface area (Å²) in [7, 11) is 2.02. The van der Waals surface area contributed by atoms with Gasteiger partial charge in [0.15, 0.2) is 0 Å². The molecule has 1 N–H and O–H groups in total. The molecule has 90 valence electrons. The molecule has 1 nitrogen and oxygen atoms in total. The maximum absolute atomic E-state index is 3.37. The smallest absolute Gasteiger partial charge is 0.0413 e. The Kier molecular flexibility index (Phi) is 3.67. The Morgan fingerprint density at radius 2 is 1.75 bits per heavy atom. The SMILES string of the molecule is CNC(=C(C)C)C1C(C)=CC=C1C(C)(C)C. The van der Waals surface area contributed by atoms with E-state index in [1.54, 1.807) is 0 Å². The van der Waals surface area contributed by atoms with Crippen LogP contribution < -0.4 is 5.32 Å². The van der Waals surface area contributed by atoms with Crippen LogP contribution >= 0.6 is 0 Å². The Labute approximate surface area is 100 Å². The van der Waals surface area contributed by atoms with Gasteiger partial charge in [-0.3, -0.25) is 0 Å². The lowest BCUT2D eigenvalue weighted by Crippen LogP contribution is -2.24. The van der Waals surface area contributed by atoms with Crippen LogP contribution in [0.1, 0.15) is 41.5 Å². The molecule has 1 unspecified atom stereocenters. The lowest BCUT2D eigenvalue weighted by molar-refractivity contribution is 0.460. The maximum Gasteiger partial charge on any atom is 0.0413 e. The van der Waals surface area contributed by atoms with Gasteiger partial charge in [-0.05, 0) is 26.2 Å². The molecule has 1 aliphatic carbocycles. The van der Waals surface area contributed by atoms with E-state index in [1.165, 1.54) is 22.4 Å². The van der Waals surface area contributed by atoms with Crippen molar-refractivity contribution in [3.05, 3.63) is 34.6 Å². The fraction of sp³-hybridized carbons (Fsp3) is 0.600. The van der Waals surface area contributed by atoms with Gasteiger partial charge in [-0.25, -0.2) is 0 Å². The molecular formula is C15H25N. The zero-order chi connectivity index (χ0) is 12.5. The van der Waals surface area contributed by atoms with Crippen molar-refractivity contribution in [1.82, 2.24) is 5.32 Å². The Morgan fingerprint density at radius 1 is 1.19 bits per heavy atom. The van der Waals surface area contributed by atoms with E-state index >= 15 is 0 Å². The molecule has 0 aromatic carbocycles. The van der Waals surface area contributed by atoms with E-state index in [1.807, 2.05) is 7.05 Å². The second kappa shape index (κ2) is 4.48. The fourth-order valence-electron chi connectivity index (χ4n) is 2.41. The van der Waals surface area contributed by atoms with Crippen molar-refractivity contribution >= 4 is 0 Å². The van der Waals surface area contributed by atoms with Crippen molar-refractivity contribution in [3.63, 3.8) is 0 Å². The normalized spacial score (nSPS) is 20.3. The van der Waals surface area contributed by atoms with Gasteiger partial charge in [-0.2, -0.15) is 0 Å². The highest BCUT2D eigenvalue weighted by Gasteiger charge is 2.31. The quantitative estimate of drug-likeness (QED) is 0.739. The highest BCUT2D eigenvalue weighted by atomic mass is 14.8. The lowest BCUT2D eigenvalue weighted by atomic mass is 9.76. The monoisotopic (exact) mass is 219 g/mol. The van der Waals surface area contributed by atoms with Crippen LogP contribution in [0.5, 0.6) is 0 Å². The molecule has 0 fully saturated rings. The first-order valence-corrected chi connectivity index (χ1v) is 6.03. The van der Waals surface area contributed by atoms with E-state index in [9.17, 15) is 0 Å². The molecule has 0 spiro atoms. The standard InChI is InChI=1S/C15H25N/c1-10(2)14(16-7)13-11(3)8-9-12(13)15(4,5)6/h8-9,13,16H,1-7H3. The predicted octanol–water partition coefficient (Wildman–Crippen LogP) is 4.05. The van der Waals surface area contributed by atoms with Gasteiger partial charge in [-0.15, -0.1) is 0 Å². The van der Waals surface area contributed by atoms with E-state index < -0.39 is 0 Å². The summed E-state index contributed by atoms with van der Waals surface area (Å²) in [5, 5.41) is 3.37. The molecule has 0 amide bonds. The first kappa shape index (κ1) is 13.1. The van der Waals surface area contributed by atoms with Crippen molar-refractivity contribution in [2.75, 3.05) is 7.05 Å². The number of hydrogen-bond donors (Lipinski definition) is 1. The summed E-state index contributed by atoms with van der Waals surface area (Å²) in [6, 6.07) is 0. The van der Waals surface area contributed by atoms with E-state index in [0.717, 1.165) is 0 Å². The minimum absolute atomic E-state index is 0.233. The zero-order valence-electron chi connectivity index (χ0n) is 11.7. The third-order valence-electron chi connectivity index (χ3n) is 3.25. The molecule has 0 radical (unpaired) electrons. The summed E-state index contributed by atoms with van der Waals surface area (Å²) in [4.78, 5) is 0. The van der Waals surface area contributed by atoms with E-state index in [2.05, 4.69) is 59.0 Å². The van der Waals surface area contributed by atoms with Crippen LogP contribution in [0.2, 0.25) is 0 Å². The molecule has 1 atom stereocenters. The maximum atomic E-state index is 3.37. The van der Waals surface area contributed by atoms with Gasteiger partial charge in [0.25, 0.3) is 0 Å². The minimum Gasteiger partial charge on any atom is -0.391 e. The van der Waals surface area contributed by atoms with Crippen LogP contribution in [0.4, 0.5) is 0 Å². The summed E-state index contributed by atoms with van der Waals surface area (Å²) < 4.78 is 0. The van der Waals surface area contributed by atoms with Crippen LogP contribution in [-0.2, 0) is 0 Å². The molecule has 1 rings (SSSR count). The second-order valence-corrected chi connectivity index (χ2v) is 5.88. The third-order valence-corrected chi connectivity index (χ3v) is 3.25. The van der Waals surface area contributed by atoms with Gasteiger partial charge >= 0.3 is 0 Å². The van der Waals surface area contributed by atoms with Crippen LogP contribution in [0.25, 0.3) is 0 Å². The Hall–Kier alpha value is -0.980. The van der Waals surface area contributed by atoms with Crippen molar-refractivity contribution in [2.45, 2.75) is 41.5 Å². The average molecular weight is 219 g/mol. The van der Waals surface area contributed by atoms with Crippen LogP contribution in [0, 0.1) is 11.3 Å². The molecule has 0 heterocycles. The predicted molar refractivity (Wildman–Crippen MR) is 72.2 cm³/mol. The topological polar surface area (TPSA) is 12.0 Å². The molecular weight excluding hydrogens is 194 g/mol. The Morgan fingerprint density at radius 3 is 2.12 bits per heavy atom. The second-order valence-electron chi connectivity index (χ2n) is 5.88. The van der Waals surface area contributed by atoms with E-state index in [4.69, 9.17) is 0 Å². The summed E-state index contributed by atoms with van der Waals surface area (Å²) in [6.45, 7) is 13.4. The molecule has 0 aliphatic heterocycles. The Balaban J connectivity index is 3.16. The van der Waals surface area contributed by atoms with Crippen LogP contribution in [0.3, 0.4) is 0 Å². The van der Waals surface area contributed by atoms with Crippen molar-refractivity contribution in [2.24, 2.45) is 11.3 Å². The van der Waals surface area contributed by atoms with Crippen LogP contribution in [-0.4, -0.2) is 7.05 Å². The number of nitrogens with one attached hydrogen (secondary N) is 1. The van der Waals surface area contributed by atoms with E-state index in [0.29, 0.717) is 5.92 Å². The van der Waals surface area contributed by atoms with Gasteiger partial charge in [0, 0.05) is 18.7 Å². The van der Waals surface area contributed by atoms with Gasteiger partial charge in [0.2, 0.25) is 0 Å². The molecule has 0 bridgehead atoms. The summed E-state index contributed by atoms with van der Waals surface area (Å²) in [5.41, 5.74) is 5.91. The largest absolute Gasteiger partial charge is 0.391 e. The highest BCUT2D eigenvalue weighted by molar-refractivity contribution is 5.44. The zero-order valence-corrected chi connectivity index (χ0v) is 11.7. The molecule has 16 heavy (non-hydrogen) atoms. The van der Waals surface area contributed by atoms with Gasteiger partial charge < -0.3 is 5.32 Å². The van der Waals surface area contributed by atoms with Gasteiger partial charge in [-0.1, -0.05) is 49.6 Å². The Bertz CT molecular complexity index is 357. The first-order chi connectivity index (χ1) is 7.29. The molecule has 0 aromatic heterocycles. The number of rotatable bonds is 2. The van der Waals surface area contributed by atoms with Gasteiger partial charge in [0.1, 0.15) is 0 Å². The molecule has 0 saturated carbocycles. The number of allylic oxidation sites excluding steroid dienone is 4. The number of hydrogen-bond acceptors (Lipinski definition) is 1. The minimum atomic E-state index is 0.233. The van der Waals surface area contributed by atoms with Crippen LogP contribution in [0.15, 0.2) is 34.6 Å². The molecule has 0 aromatic rings. The first-order valence-electron chi connectivity index (χ1n) is 6.03. The van der Waals surface area contributed by atoms with Crippen molar-refractivity contribution in [3.8, 4) is 0 Å². The summed E-state index contributed by atoms with van der Waals surface area (Å²) >= 11 is 0.